The van der Waals surface area contributed by atoms with E-state index in [1.54, 1.807) is 12.1 Å². The van der Waals surface area contributed by atoms with Gasteiger partial charge in [0.25, 0.3) is 0 Å². The average Bonchev–Trinajstić information content (AvgIpc) is 3.16. The van der Waals surface area contributed by atoms with Crippen molar-refractivity contribution in [2.75, 3.05) is 11.5 Å². The molecule has 0 atom stereocenters. The molecule has 6 heteroatoms. The van der Waals surface area contributed by atoms with Gasteiger partial charge in [-0.1, -0.05) is 47.6 Å². The molecule has 140 valence electrons. The first kappa shape index (κ1) is 18.1. The molecule has 0 radical (unpaired) electrons. The predicted molar refractivity (Wildman–Crippen MR) is 114 cm³/mol. The zero-order valence-corrected chi connectivity index (χ0v) is 16.0. The summed E-state index contributed by atoms with van der Waals surface area (Å²) >= 11 is 1.83. The normalized spacial score (nSPS) is 10.9. The minimum absolute atomic E-state index is 0.336. The second kappa shape index (κ2) is 8.19. The number of hydrogen-bond donors (Lipinski definition) is 2. The topological polar surface area (TPSA) is 91.0 Å². The average molecular weight is 388 g/mol. The molecular formula is C22H20N4OS. The monoisotopic (exact) mass is 388 g/mol. The predicted octanol–water partition coefficient (Wildman–Crippen LogP) is 4.78. The minimum Gasteiger partial charge on any atom is -0.384 e. The van der Waals surface area contributed by atoms with Crippen LogP contribution < -0.4 is 11.5 Å². The molecule has 0 aliphatic heterocycles. The van der Waals surface area contributed by atoms with Crippen molar-refractivity contribution in [1.82, 2.24) is 10.1 Å². The molecule has 0 unspecified atom stereocenters. The summed E-state index contributed by atoms with van der Waals surface area (Å²) in [5.41, 5.74) is 15.6. The van der Waals surface area contributed by atoms with Crippen LogP contribution in [-0.2, 0) is 12.2 Å². The Labute approximate surface area is 167 Å². The van der Waals surface area contributed by atoms with Crippen LogP contribution in [0, 0.1) is 0 Å². The Morgan fingerprint density at radius 3 is 2.36 bits per heavy atom. The largest absolute Gasteiger partial charge is 0.384 e. The summed E-state index contributed by atoms with van der Waals surface area (Å²) in [7, 11) is 0. The zero-order valence-electron chi connectivity index (χ0n) is 15.2. The first-order valence-electron chi connectivity index (χ1n) is 8.91. The number of thioether (sulfide) groups is 1. The Kier molecular flexibility index (Phi) is 5.30. The molecule has 0 saturated heterocycles. The minimum atomic E-state index is 0.336. The van der Waals surface area contributed by atoms with Crippen LogP contribution in [0.5, 0.6) is 0 Å². The van der Waals surface area contributed by atoms with Crippen LogP contribution in [0.1, 0.15) is 16.8 Å². The lowest BCUT2D eigenvalue weighted by Gasteiger charge is -2.04. The molecule has 5 nitrogen and oxygen atoms in total. The van der Waals surface area contributed by atoms with Crippen molar-refractivity contribution >= 4 is 23.4 Å². The molecule has 2 heterocycles. The van der Waals surface area contributed by atoms with Gasteiger partial charge in [-0.25, -0.2) is 4.98 Å². The lowest BCUT2D eigenvalue weighted by Crippen LogP contribution is -1.97. The van der Waals surface area contributed by atoms with Gasteiger partial charge in [0.05, 0.1) is 11.3 Å². The standard InChI is InChI=1S/C22H20N4OS/c23-21-11-10-19(22(24)25-21)20-13-17(26-27-20)12-15-6-8-16(9-7-15)14-28-18-4-2-1-3-5-18/h1-11,13H,12,14H2,(H4,23,24,25). The van der Waals surface area contributed by atoms with E-state index in [4.69, 9.17) is 16.0 Å². The fourth-order valence-electron chi connectivity index (χ4n) is 2.87. The zero-order chi connectivity index (χ0) is 19.3. The lowest BCUT2D eigenvalue weighted by molar-refractivity contribution is 0.425. The van der Waals surface area contributed by atoms with Crippen LogP contribution >= 0.6 is 11.8 Å². The summed E-state index contributed by atoms with van der Waals surface area (Å²) in [5, 5.41) is 4.16. The van der Waals surface area contributed by atoms with Gasteiger partial charge in [0.1, 0.15) is 11.6 Å². The van der Waals surface area contributed by atoms with E-state index >= 15 is 0 Å². The Morgan fingerprint density at radius 1 is 0.857 bits per heavy atom. The van der Waals surface area contributed by atoms with Crippen LogP contribution in [0.4, 0.5) is 11.6 Å². The second-order valence-corrected chi connectivity index (χ2v) is 7.50. The molecular weight excluding hydrogens is 368 g/mol. The summed E-state index contributed by atoms with van der Waals surface area (Å²) in [6.07, 6.45) is 0.692. The van der Waals surface area contributed by atoms with E-state index < -0.39 is 0 Å². The van der Waals surface area contributed by atoms with E-state index in [9.17, 15) is 0 Å². The van der Waals surface area contributed by atoms with Gasteiger partial charge in [-0.05, 0) is 35.4 Å². The Morgan fingerprint density at radius 2 is 1.61 bits per heavy atom. The van der Waals surface area contributed by atoms with Crippen LogP contribution in [0.2, 0.25) is 0 Å². The van der Waals surface area contributed by atoms with E-state index in [2.05, 4.69) is 58.7 Å². The van der Waals surface area contributed by atoms with Gasteiger partial charge >= 0.3 is 0 Å². The van der Waals surface area contributed by atoms with Crippen molar-refractivity contribution < 1.29 is 4.52 Å². The molecule has 0 fully saturated rings. The van der Waals surface area contributed by atoms with Gasteiger partial charge in [-0.3, -0.25) is 0 Å². The van der Waals surface area contributed by atoms with E-state index in [1.807, 2.05) is 23.9 Å². The molecule has 4 rings (SSSR count). The van der Waals surface area contributed by atoms with Gasteiger partial charge in [0.2, 0.25) is 0 Å². The fourth-order valence-corrected chi connectivity index (χ4v) is 3.74. The van der Waals surface area contributed by atoms with Gasteiger partial charge < -0.3 is 16.0 Å². The van der Waals surface area contributed by atoms with Gasteiger partial charge in [0.15, 0.2) is 5.76 Å². The van der Waals surface area contributed by atoms with E-state index in [0.717, 1.165) is 11.4 Å². The summed E-state index contributed by atoms with van der Waals surface area (Å²) in [4.78, 5) is 5.33. The maximum atomic E-state index is 5.92. The highest BCUT2D eigenvalue weighted by atomic mass is 32.2. The number of nitrogens with zero attached hydrogens (tertiary/aromatic N) is 2. The smallest absolute Gasteiger partial charge is 0.170 e. The third-order valence-corrected chi connectivity index (χ3v) is 5.41. The Bertz CT molecular complexity index is 1060. The first-order valence-corrected chi connectivity index (χ1v) is 9.89. The number of anilines is 2. The van der Waals surface area contributed by atoms with Gasteiger partial charge in [0, 0.05) is 23.1 Å². The number of benzene rings is 2. The van der Waals surface area contributed by atoms with Crippen molar-refractivity contribution in [2.24, 2.45) is 0 Å². The first-order chi connectivity index (χ1) is 13.7. The van der Waals surface area contributed by atoms with Crippen molar-refractivity contribution in [3.63, 3.8) is 0 Å². The van der Waals surface area contributed by atoms with Crippen molar-refractivity contribution in [1.29, 1.82) is 0 Å². The summed E-state index contributed by atoms with van der Waals surface area (Å²) in [6.45, 7) is 0. The summed E-state index contributed by atoms with van der Waals surface area (Å²) in [6, 6.07) is 24.4. The molecule has 0 aliphatic carbocycles. The number of rotatable bonds is 6. The third kappa shape index (κ3) is 4.35. The highest BCUT2D eigenvalue weighted by Gasteiger charge is 2.11. The quantitative estimate of drug-likeness (QED) is 0.462. The van der Waals surface area contributed by atoms with Crippen LogP contribution in [0.15, 0.2) is 82.2 Å². The summed E-state index contributed by atoms with van der Waals surface area (Å²) in [5.74, 6) is 2.26. The number of nitrogens with two attached hydrogens (primary N) is 2. The molecule has 4 N–H and O–H groups in total. The number of hydrogen-bond acceptors (Lipinski definition) is 6. The number of nitrogen functional groups attached to an aromatic ring is 2. The number of pyridine rings is 1. The molecule has 0 aliphatic rings. The highest BCUT2D eigenvalue weighted by molar-refractivity contribution is 7.98. The van der Waals surface area contributed by atoms with Gasteiger partial charge in [-0.15, -0.1) is 11.8 Å². The Hall–Kier alpha value is -3.25. The maximum Gasteiger partial charge on any atom is 0.170 e. The van der Waals surface area contributed by atoms with Crippen molar-refractivity contribution in [3.8, 4) is 11.3 Å². The number of aromatic nitrogens is 2. The van der Waals surface area contributed by atoms with Gasteiger partial charge in [-0.2, -0.15) is 0 Å². The van der Waals surface area contributed by atoms with E-state index in [1.165, 1.54) is 16.0 Å². The van der Waals surface area contributed by atoms with Crippen LogP contribution in [0.3, 0.4) is 0 Å². The molecule has 0 saturated carbocycles. The van der Waals surface area contributed by atoms with E-state index in [0.29, 0.717) is 29.4 Å². The molecule has 28 heavy (non-hydrogen) atoms. The SMILES string of the molecule is Nc1ccc(-c2cc(Cc3ccc(CSc4ccccc4)cc3)no2)c(N)n1. The lowest BCUT2D eigenvalue weighted by atomic mass is 10.1. The van der Waals surface area contributed by atoms with Crippen LogP contribution in [-0.4, -0.2) is 10.1 Å². The molecule has 0 bridgehead atoms. The molecule has 0 amide bonds. The molecule has 2 aromatic heterocycles. The van der Waals surface area contributed by atoms with E-state index in [-0.39, 0.29) is 0 Å². The van der Waals surface area contributed by atoms with Crippen molar-refractivity contribution in [3.05, 3.63) is 89.6 Å². The molecule has 4 aromatic rings. The second-order valence-electron chi connectivity index (χ2n) is 6.45. The van der Waals surface area contributed by atoms with Crippen molar-refractivity contribution in [2.45, 2.75) is 17.1 Å². The molecule has 0 spiro atoms. The van der Waals surface area contributed by atoms with Crippen LogP contribution in [0.25, 0.3) is 11.3 Å². The third-order valence-electron chi connectivity index (χ3n) is 4.33. The summed E-state index contributed by atoms with van der Waals surface area (Å²) < 4.78 is 5.44. The fraction of sp³-hybridized carbons (Fsp3) is 0.0909. The Balaban J connectivity index is 1.40. The maximum absolute atomic E-state index is 5.92. The highest BCUT2D eigenvalue weighted by Crippen LogP contribution is 2.27. The molecule has 2 aromatic carbocycles.